The van der Waals surface area contributed by atoms with E-state index in [9.17, 15) is 5.11 Å². The lowest BCUT2D eigenvalue weighted by Crippen LogP contribution is -2.73. The van der Waals surface area contributed by atoms with Crippen molar-refractivity contribution in [2.75, 3.05) is 13.2 Å². The first-order valence-electron chi connectivity index (χ1n) is 8.41. The van der Waals surface area contributed by atoms with E-state index in [1.807, 2.05) is 32.2 Å². The number of thiazole rings is 1. The molecule has 1 aliphatic rings. The Hall–Kier alpha value is -1.21. The Morgan fingerprint density at radius 1 is 1.46 bits per heavy atom. The van der Waals surface area contributed by atoms with Gasteiger partial charge in [-0.15, -0.1) is 11.3 Å². The van der Waals surface area contributed by atoms with Crippen molar-refractivity contribution in [3.05, 3.63) is 29.0 Å². The normalized spacial score (nSPS) is 25.6. The molecule has 2 heterocycles. The Labute approximate surface area is 147 Å². The van der Waals surface area contributed by atoms with Crippen molar-refractivity contribution in [3.8, 4) is 10.8 Å². The molecule has 6 heteroatoms. The van der Waals surface area contributed by atoms with Crippen LogP contribution >= 0.6 is 11.3 Å². The first-order valence-corrected chi connectivity index (χ1v) is 9.22. The van der Waals surface area contributed by atoms with Crippen molar-refractivity contribution in [2.45, 2.75) is 52.3 Å². The standard InChI is InChI=1S/C18H26N2O3S/c1-5-22-15-8-18(11-21,17(15,3)4)20-10-13-9-19-16(24-13)14-7-6-12(2)23-14/h6-7,9,15,20-21H,5,8,10-11H2,1-4H3/t15-,18-/m1/s1. The second-order valence-corrected chi connectivity index (χ2v) is 8.12. The van der Waals surface area contributed by atoms with E-state index in [1.165, 1.54) is 0 Å². The third kappa shape index (κ3) is 2.92. The smallest absolute Gasteiger partial charge is 0.162 e. The summed E-state index contributed by atoms with van der Waals surface area (Å²) in [6.45, 7) is 9.74. The fourth-order valence-corrected chi connectivity index (χ4v) is 4.23. The van der Waals surface area contributed by atoms with E-state index in [2.05, 4.69) is 24.1 Å². The Kier molecular flexibility index (Phi) is 4.84. The maximum atomic E-state index is 9.98. The van der Waals surface area contributed by atoms with Crippen LogP contribution in [0.2, 0.25) is 0 Å². The lowest BCUT2D eigenvalue weighted by molar-refractivity contribution is -0.177. The zero-order valence-electron chi connectivity index (χ0n) is 14.8. The molecule has 1 saturated carbocycles. The molecule has 2 N–H and O–H groups in total. The number of aliphatic hydroxyl groups excluding tert-OH is 1. The van der Waals surface area contributed by atoms with Crippen molar-refractivity contribution in [3.63, 3.8) is 0 Å². The molecule has 0 amide bonds. The SMILES string of the molecule is CCO[C@@H]1C[C@](CO)(NCc2cnc(-c3ccc(C)o3)s2)C1(C)C. The fourth-order valence-electron chi connectivity index (χ4n) is 3.41. The lowest BCUT2D eigenvalue weighted by Gasteiger charge is -2.60. The largest absolute Gasteiger partial charge is 0.459 e. The molecule has 1 aliphatic carbocycles. The van der Waals surface area contributed by atoms with Gasteiger partial charge in [0.15, 0.2) is 10.8 Å². The summed E-state index contributed by atoms with van der Waals surface area (Å²) in [5.41, 5.74) is -0.415. The van der Waals surface area contributed by atoms with Crippen molar-refractivity contribution in [1.82, 2.24) is 10.3 Å². The number of furan rings is 1. The molecular formula is C18H26N2O3S. The molecule has 5 nitrogen and oxygen atoms in total. The minimum Gasteiger partial charge on any atom is -0.459 e. The summed E-state index contributed by atoms with van der Waals surface area (Å²) in [7, 11) is 0. The molecule has 132 valence electrons. The van der Waals surface area contributed by atoms with E-state index in [4.69, 9.17) is 9.15 Å². The van der Waals surface area contributed by atoms with E-state index < -0.39 is 0 Å². The van der Waals surface area contributed by atoms with Gasteiger partial charge in [0.2, 0.25) is 0 Å². The van der Waals surface area contributed by atoms with Gasteiger partial charge in [0.25, 0.3) is 0 Å². The molecule has 0 unspecified atom stereocenters. The third-order valence-corrected chi connectivity index (χ3v) is 6.33. The molecule has 0 radical (unpaired) electrons. The summed E-state index contributed by atoms with van der Waals surface area (Å²) in [4.78, 5) is 5.58. The van der Waals surface area contributed by atoms with Gasteiger partial charge in [-0.25, -0.2) is 4.98 Å². The van der Waals surface area contributed by atoms with Crippen LogP contribution in [-0.2, 0) is 11.3 Å². The highest BCUT2D eigenvalue weighted by Crippen LogP contribution is 2.51. The summed E-state index contributed by atoms with van der Waals surface area (Å²) in [5.74, 6) is 1.69. The molecule has 0 aromatic carbocycles. The van der Waals surface area contributed by atoms with Crippen LogP contribution in [0.5, 0.6) is 0 Å². The van der Waals surface area contributed by atoms with Gasteiger partial charge in [-0.3, -0.25) is 0 Å². The van der Waals surface area contributed by atoms with Gasteiger partial charge < -0.3 is 19.6 Å². The second-order valence-electron chi connectivity index (χ2n) is 7.01. The first-order chi connectivity index (χ1) is 11.4. The van der Waals surface area contributed by atoms with Crippen molar-refractivity contribution >= 4 is 11.3 Å². The topological polar surface area (TPSA) is 67.5 Å². The van der Waals surface area contributed by atoms with Gasteiger partial charge in [0, 0.05) is 29.6 Å². The van der Waals surface area contributed by atoms with Gasteiger partial charge in [-0.2, -0.15) is 0 Å². The number of nitrogens with one attached hydrogen (secondary N) is 1. The zero-order valence-corrected chi connectivity index (χ0v) is 15.6. The van der Waals surface area contributed by atoms with Crippen LogP contribution in [0.15, 0.2) is 22.7 Å². The molecule has 2 atom stereocenters. The highest BCUT2D eigenvalue weighted by molar-refractivity contribution is 7.14. The molecule has 0 aliphatic heterocycles. The minimum absolute atomic E-state index is 0.104. The van der Waals surface area contributed by atoms with Gasteiger partial charge in [0.1, 0.15) is 5.76 Å². The van der Waals surface area contributed by atoms with Crippen LogP contribution in [0, 0.1) is 12.3 Å². The number of nitrogens with zero attached hydrogens (tertiary/aromatic N) is 1. The molecule has 2 aromatic rings. The quantitative estimate of drug-likeness (QED) is 0.801. The number of rotatable bonds is 7. The molecule has 0 saturated heterocycles. The van der Waals surface area contributed by atoms with Crippen LogP contribution in [0.25, 0.3) is 10.8 Å². The summed E-state index contributed by atoms with van der Waals surface area (Å²) in [6.07, 6.45) is 2.89. The van der Waals surface area contributed by atoms with Crippen molar-refractivity contribution in [1.29, 1.82) is 0 Å². The molecule has 2 aromatic heterocycles. The summed E-state index contributed by atoms with van der Waals surface area (Å²) >= 11 is 1.62. The molecular weight excluding hydrogens is 324 g/mol. The average Bonchev–Trinajstić information content (AvgIpc) is 3.19. The second kappa shape index (κ2) is 6.59. The van der Waals surface area contributed by atoms with Crippen LogP contribution in [0.3, 0.4) is 0 Å². The van der Waals surface area contributed by atoms with Crippen molar-refractivity contribution in [2.24, 2.45) is 5.41 Å². The van der Waals surface area contributed by atoms with Gasteiger partial charge in [0.05, 0.1) is 18.2 Å². The molecule has 0 spiro atoms. The number of aromatic nitrogens is 1. The maximum Gasteiger partial charge on any atom is 0.162 e. The zero-order chi connectivity index (χ0) is 17.4. The molecule has 24 heavy (non-hydrogen) atoms. The van der Waals surface area contributed by atoms with Gasteiger partial charge in [-0.1, -0.05) is 13.8 Å². The number of aliphatic hydroxyl groups is 1. The number of hydrogen-bond acceptors (Lipinski definition) is 6. The van der Waals surface area contributed by atoms with E-state index in [-0.39, 0.29) is 23.7 Å². The van der Waals surface area contributed by atoms with Gasteiger partial charge >= 0.3 is 0 Å². The summed E-state index contributed by atoms with van der Waals surface area (Å²) < 4.78 is 11.4. The maximum absolute atomic E-state index is 9.98. The summed E-state index contributed by atoms with van der Waals surface area (Å²) in [6, 6.07) is 3.89. The Balaban J connectivity index is 1.66. The lowest BCUT2D eigenvalue weighted by atomic mass is 9.54. The highest BCUT2D eigenvalue weighted by Gasteiger charge is 2.60. The molecule has 0 bridgehead atoms. The monoisotopic (exact) mass is 350 g/mol. The average molecular weight is 350 g/mol. The Morgan fingerprint density at radius 3 is 2.83 bits per heavy atom. The third-order valence-electron chi connectivity index (χ3n) is 5.32. The Morgan fingerprint density at radius 2 is 2.25 bits per heavy atom. The van der Waals surface area contributed by atoms with Crippen LogP contribution in [-0.4, -0.2) is 34.9 Å². The van der Waals surface area contributed by atoms with Gasteiger partial charge in [-0.05, 0) is 32.4 Å². The van der Waals surface area contributed by atoms with Crippen LogP contribution in [0.4, 0.5) is 0 Å². The van der Waals surface area contributed by atoms with E-state index in [0.717, 1.165) is 27.8 Å². The summed E-state index contributed by atoms with van der Waals surface area (Å²) in [5, 5.41) is 14.4. The van der Waals surface area contributed by atoms with E-state index in [1.54, 1.807) is 11.3 Å². The molecule has 3 rings (SSSR count). The predicted octanol–water partition coefficient (Wildman–Crippen LogP) is 3.37. The van der Waals surface area contributed by atoms with Crippen LogP contribution in [0.1, 0.15) is 37.8 Å². The fraction of sp³-hybridized carbons (Fsp3) is 0.611. The van der Waals surface area contributed by atoms with E-state index in [0.29, 0.717) is 13.2 Å². The Bertz CT molecular complexity index is 694. The molecule has 1 fully saturated rings. The van der Waals surface area contributed by atoms with Crippen molar-refractivity contribution < 1.29 is 14.3 Å². The number of aryl methyl sites for hydroxylation is 1. The highest BCUT2D eigenvalue weighted by atomic mass is 32.1. The number of ether oxygens (including phenoxy) is 1. The van der Waals surface area contributed by atoms with E-state index >= 15 is 0 Å². The number of hydrogen-bond donors (Lipinski definition) is 2. The van der Waals surface area contributed by atoms with Crippen LogP contribution < -0.4 is 5.32 Å². The predicted molar refractivity (Wildman–Crippen MR) is 95.0 cm³/mol. The first kappa shape index (κ1) is 17.6. The minimum atomic E-state index is -0.307.